The minimum Gasteiger partial charge on any atom is -0.756 e. The van der Waals surface area contributed by atoms with Crippen LogP contribution in [0.5, 0.6) is 0 Å². The van der Waals surface area contributed by atoms with E-state index in [2.05, 4.69) is 19.2 Å². The van der Waals surface area contributed by atoms with Gasteiger partial charge in [0.05, 0.1) is 33.9 Å². The van der Waals surface area contributed by atoms with Gasteiger partial charge in [0.25, 0.3) is 7.82 Å². The van der Waals surface area contributed by atoms with Gasteiger partial charge >= 0.3 is 0 Å². The van der Waals surface area contributed by atoms with E-state index < -0.39 is 13.9 Å². The van der Waals surface area contributed by atoms with E-state index in [9.17, 15) is 14.3 Å². The van der Waals surface area contributed by atoms with Crippen molar-refractivity contribution in [3.8, 4) is 0 Å². The lowest BCUT2D eigenvalue weighted by Crippen LogP contribution is -2.38. The van der Waals surface area contributed by atoms with Gasteiger partial charge in [0.2, 0.25) is 5.91 Å². The van der Waals surface area contributed by atoms with Crippen molar-refractivity contribution in [2.75, 3.05) is 54.1 Å². The number of hydrogen-bond donors (Lipinski definition) is 1. The molecule has 8 nitrogen and oxygen atoms in total. The van der Waals surface area contributed by atoms with E-state index in [-0.39, 0.29) is 25.7 Å². The zero-order chi connectivity index (χ0) is 32.8. The molecule has 0 spiro atoms. The molecule has 264 valence electrons. The van der Waals surface area contributed by atoms with Crippen LogP contribution < -0.4 is 10.2 Å². The van der Waals surface area contributed by atoms with E-state index in [1.54, 1.807) is 0 Å². The summed E-state index contributed by atoms with van der Waals surface area (Å²) in [6.45, 7) is 5.69. The van der Waals surface area contributed by atoms with E-state index in [0.29, 0.717) is 24.1 Å². The Labute approximate surface area is 273 Å². The number of ether oxygens (including phenoxy) is 1. The summed E-state index contributed by atoms with van der Waals surface area (Å²) in [5.41, 5.74) is 0. The third kappa shape index (κ3) is 32.9. The second-order valence-corrected chi connectivity index (χ2v) is 15.1. The molecule has 0 saturated heterocycles. The molecule has 44 heavy (non-hydrogen) atoms. The van der Waals surface area contributed by atoms with E-state index in [0.717, 1.165) is 25.7 Å². The number of hydrogen-bond acceptors (Lipinski definition) is 6. The van der Waals surface area contributed by atoms with Crippen LogP contribution in [0.1, 0.15) is 162 Å². The van der Waals surface area contributed by atoms with Crippen molar-refractivity contribution < 1.29 is 32.5 Å². The zero-order valence-corrected chi connectivity index (χ0v) is 30.6. The maximum absolute atomic E-state index is 12.5. The topological polar surface area (TPSA) is 96.9 Å². The van der Waals surface area contributed by atoms with Crippen molar-refractivity contribution in [1.29, 1.82) is 0 Å². The third-order valence-electron chi connectivity index (χ3n) is 8.07. The van der Waals surface area contributed by atoms with Crippen molar-refractivity contribution in [1.82, 2.24) is 5.32 Å². The molecule has 2 unspecified atom stereocenters. The molecule has 0 heterocycles. The van der Waals surface area contributed by atoms with Crippen molar-refractivity contribution in [2.24, 2.45) is 0 Å². The molecule has 9 heteroatoms. The number of nitrogens with one attached hydrogen (secondary N) is 1. The van der Waals surface area contributed by atoms with Crippen molar-refractivity contribution in [3.05, 3.63) is 0 Å². The fourth-order valence-corrected chi connectivity index (χ4v) is 5.81. The number of phosphoric ester groups is 1. The first kappa shape index (κ1) is 43.5. The van der Waals surface area contributed by atoms with Crippen molar-refractivity contribution in [2.45, 2.75) is 168 Å². The average Bonchev–Trinajstić information content (AvgIpc) is 2.96. The highest BCUT2D eigenvalue weighted by molar-refractivity contribution is 7.45. The van der Waals surface area contributed by atoms with Crippen LogP contribution in [0.25, 0.3) is 0 Å². The highest BCUT2D eigenvalue weighted by atomic mass is 31.2. The monoisotopic (exact) mass is 649 g/mol. The van der Waals surface area contributed by atoms with Crippen LogP contribution in [-0.2, 0) is 23.1 Å². The van der Waals surface area contributed by atoms with E-state index in [4.69, 9.17) is 13.8 Å². The molecule has 1 amide bonds. The summed E-state index contributed by atoms with van der Waals surface area (Å²) in [7, 11) is 1.47. The maximum atomic E-state index is 12.5. The molecule has 0 aromatic carbocycles. The first-order valence-corrected chi connectivity index (χ1v) is 19.8. The average molecular weight is 649 g/mol. The Morgan fingerprint density at radius 3 is 1.55 bits per heavy atom. The smallest absolute Gasteiger partial charge is 0.268 e. The summed E-state index contributed by atoms with van der Waals surface area (Å²) in [5.74, 6) is -0.0197. The number of unbranched alkanes of at least 4 members (excludes halogenated alkanes) is 20. The molecule has 0 radical (unpaired) electrons. The van der Waals surface area contributed by atoms with Crippen LogP contribution in [0.15, 0.2) is 0 Å². The molecule has 0 rings (SSSR count). The van der Waals surface area contributed by atoms with Gasteiger partial charge in [-0.25, -0.2) is 0 Å². The predicted molar refractivity (Wildman–Crippen MR) is 183 cm³/mol. The number of nitrogens with zero attached hydrogens (tertiary/aromatic N) is 1. The van der Waals surface area contributed by atoms with Gasteiger partial charge in [-0.1, -0.05) is 142 Å². The number of carbonyl (C=O) groups is 1. The Morgan fingerprint density at radius 1 is 0.659 bits per heavy atom. The van der Waals surface area contributed by atoms with Gasteiger partial charge in [0.15, 0.2) is 0 Å². The normalized spacial score (nSPS) is 14.0. The summed E-state index contributed by atoms with van der Waals surface area (Å²) >= 11 is 0. The second-order valence-electron chi connectivity index (χ2n) is 13.7. The van der Waals surface area contributed by atoms with Gasteiger partial charge in [0.1, 0.15) is 13.2 Å². The molecule has 0 fully saturated rings. The highest BCUT2D eigenvalue weighted by Gasteiger charge is 2.18. The first-order valence-electron chi connectivity index (χ1n) is 18.4. The highest BCUT2D eigenvalue weighted by Crippen LogP contribution is 2.38. The van der Waals surface area contributed by atoms with Gasteiger partial charge in [-0.15, -0.1) is 0 Å². The zero-order valence-electron chi connectivity index (χ0n) is 29.7. The van der Waals surface area contributed by atoms with Crippen LogP contribution in [0, 0.1) is 0 Å². The summed E-state index contributed by atoms with van der Waals surface area (Å²) in [4.78, 5) is 24.8. The Balaban J connectivity index is 4.29. The first-order chi connectivity index (χ1) is 21.1. The molecule has 0 bridgehead atoms. The molecule has 0 aromatic rings. The molecule has 1 N–H and O–H groups in total. The molecule has 0 aromatic heterocycles. The molecule has 0 aliphatic carbocycles. The standard InChI is InChI=1S/C35H73N2O6P/c1-6-8-10-12-14-16-18-20-22-24-26-28-35(38)36-32-34(33-43-44(39,40)42-31-29-37(3,4)5)41-30-27-25-23-21-19-17-15-13-11-9-7-2/h34H,6-33H2,1-5H3,(H-,36,38,39,40). The summed E-state index contributed by atoms with van der Waals surface area (Å²) < 4.78 is 29.1. The van der Waals surface area contributed by atoms with E-state index in [1.165, 1.54) is 116 Å². The van der Waals surface area contributed by atoms with Crippen LogP contribution in [0.2, 0.25) is 0 Å². The van der Waals surface area contributed by atoms with Gasteiger partial charge < -0.3 is 28.5 Å². The Morgan fingerprint density at radius 2 is 1.09 bits per heavy atom. The fraction of sp³-hybridized carbons (Fsp3) is 0.971. The minimum absolute atomic E-state index is 0.0197. The summed E-state index contributed by atoms with van der Waals surface area (Å²) in [6.07, 6.45) is 27.4. The quantitative estimate of drug-likeness (QED) is 0.0426. The number of amides is 1. The number of likely N-dealkylation sites (N-methyl/N-ethyl adjacent to an activating group) is 1. The molecular weight excluding hydrogens is 575 g/mol. The largest absolute Gasteiger partial charge is 0.756 e. The molecular formula is C35H73N2O6P. The minimum atomic E-state index is -4.44. The van der Waals surface area contributed by atoms with Crippen LogP contribution in [0.4, 0.5) is 0 Å². The van der Waals surface area contributed by atoms with Gasteiger partial charge in [-0.05, 0) is 12.8 Å². The summed E-state index contributed by atoms with van der Waals surface area (Å²) in [6, 6.07) is 0. The predicted octanol–water partition coefficient (Wildman–Crippen LogP) is 8.71. The molecule has 2 atom stereocenters. The third-order valence-corrected chi connectivity index (χ3v) is 9.03. The van der Waals surface area contributed by atoms with Crippen molar-refractivity contribution >= 4 is 13.7 Å². The van der Waals surface area contributed by atoms with Crippen LogP contribution >= 0.6 is 7.82 Å². The molecule has 0 aliphatic heterocycles. The summed E-state index contributed by atoms with van der Waals surface area (Å²) in [5, 5.41) is 2.93. The number of phosphoric acid groups is 1. The SMILES string of the molecule is CCCCCCCCCCCCCOC(CNC(=O)CCCCCCCCCCCCC)COP(=O)([O-])OCC[N+](C)(C)C. The number of quaternary nitrogens is 1. The van der Waals surface area contributed by atoms with Gasteiger partial charge in [-0.3, -0.25) is 9.36 Å². The van der Waals surface area contributed by atoms with Crippen LogP contribution in [-0.4, -0.2) is 70.5 Å². The lowest BCUT2D eigenvalue weighted by molar-refractivity contribution is -0.870. The molecule has 0 saturated carbocycles. The lowest BCUT2D eigenvalue weighted by Gasteiger charge is -2.28. The van der Waals surface area contributed by atoms with Gasteiger partial charge in [-0.2, -0.15) is 0 Å². The Bertz CT molecular complexity index is 689. The molecule has 0 aliphatic rings. The van der Waals surface area contributed by atoms with Crippen molar-refractivity contribution in [3.63, 3.8) is 0 Å². The fourth-order valence-electron chi connectivity index (χ4n) is 5.09. The Kier molecular flexibility index (Phi) is 29.5. The Hall–Kier alpha value is -0.500. The number of rotatable bonds is 34. The van der Waals surface area contributed by atoms with Crippen LogP contribution in [0.3, 0.4) is 0 Å². The lowest BCUT2D eigenvalue weighted by atomic mass is 10.1. The van der Waals surface area contributed by atoms with E-state index >= 15 is 0 Å². The van der Waals surface area contributed by atoms with E-state index in [1.807, 2.05) is 21.1 Å². The number of carbonyl (C=O) groups excluding carboxylic acids is 1. The second kappa shape index (κ2) is 29.9. The van der Waals surface area contributed by atoms with Gasteiger partial charge in [0, 0.05) is 19.6 Å². The maximum Gasteiger partial charge on any atom is 0.268 e.